The summed E-state index contributed by atoms with van der Waals surface area (Å²) in [6.07, 6.45) is 9.53. The number of nitrogens with one attached hydrogen (secondary N) is 3. The number of rotatable bonds is 16. The molecular weight excluding hydrogens is 972 g/mol. The number of aromatic nitrogens is 4. The van der Waals surface area contributed by atoms with E-state index in [-0.39, 0.29) is 23.8 Å². The number of piperidine rings is 2. The molecule has 9 rings (SSSR count). The quantitative estimate of drug-likeness (QED) is 0.0795. The zero-order chi connectivity index (χ0) is 50.5. The number of amides is 2. The molecule has 1 saturated carbocycles. The van der Waals surface area contributed by atoms with Crippen molar-refractivity contribution in [3.05, 3.63) is 131 Å². The number of aryl methyl sites for hydroxylation is 1. The Kier molecular flexibility index (Phi) is 16.5. The number of nitrogens with zero attached hydrogens (tertiary/aromatic N) is 5. The number of halogens is 2. The second-order valence-electron chi connectivity index (χ2n) is 19.7. The van der Waals surface area contributed by atoms with Crippen LogP contribution in [0.25, 0.3) is 27.7 Å². The highest BCUT2D eigenvalue weighted by atomic mass is 35.5. The van der Waals surface area contributed by atoms with Gasteiger partial charge in [-0.25, -0.2) is 14.8 Å². The normalized spacial score (nSPS) is 18.4. The highest BCUT2D eigenvalue weighted by Crippen LogP contribution is 2.43. The number of fused-ring (bicyclic) bond motifs is 1. The van der Waals surface area contributed by atoms with Crippen molar-refractivity contribution in [1.82, 2.24) is 34.6 Å². The molecule has 1 aliphatic carbocycles. The molecule has 2 amide bonds. The monoisotopic (exact) mass is 1030 g/mol. The van der Waals surface area contributed by atoms with Crippen molar-refractivity contribution in [3.63, 3.8) is 0 Å². The Bertz CT molecular complexity index is 3030. The van der Waals surface area contributed by atoms with Crippen LogP contribution >= 0.6 is 34.5 Å². The number of hydrogen-bond donors (Lipinski definition) is 3. The molecule has 0 spiro atoms. The van der Waals surface area contributed by atoms with Crippen molar-refractivity contribution in [2.45, 2.75) is 90.1 Å². The summed E-state index contributed by atoms with van der Waals surface area (Å²) in [5.74, 6) is 3.68. The van der Waals surface area contributed by atoms with E-state index in [2.05, 4.69) is 51.0 Å². The Morgan fingerprint density at radius 2 is 1.64 bits per heavy atom. The summed E-state index contributed by atoms with van der Waals surface area (Å²) in [7, 11) is 3.67. The van der Waals surface area contributed by atoms with Gasteiger partial charge in [0, 0.05) is 96.6 Å². The lowest BCUT2D eigenvalue weighted by Gasteiger charge is -2.36. The Labute approximate surface area is 434 Å². The van der Waals surface area contributed by atoms with E-state index in [9.17, 15) is 19.2 Å². The molecule has 0 unspecified atom stereocenters. The molecule has 3 N–H and O–H groups in total. The third kappa shape index (κ3) is 11.6. The number of likely N-dealkylation sites (tertiary alicyclic amines) is 2. The van der Waals surface area contributed by atoms with Crippen molar-refractivity contribution in [1.29, 1.82) is 0 Å². The molecule has 2 saturated heterocycles. The van der Waals surface area contributed by atoms with E-state index in [1.54, 1.807) is 36.6 Å². The molecule has 0 radical (unpaired) electrons. The highest BCUT2D eigenvalue weighted by molar-refractivity contribution is 7.10. The zero-order valence-electron chi connectivity index (χ0n) is 41.5. The van der Waals surface area contributed by atoms with Gasteiger partial charge < -0.3 is 29.9 Å². The van der Waals surface area contributed by atoms with Crippen LogP contribution in [0.3, 0.4) is 0 Å². The fraction of sp³-hybridized carbons (Fsp3) is 0.455. The maximum atomic E-state index is 13.9. The third-order valence-electron chi connectivity index (χ3n) is 15.0. The minimum atomic E-state index is -0.624. The summed E-state index contributed by atoms with van der Waals surface area (Å²) in [5, 5.41) is 11.2. The molecule has 17 heteroatoms. The molecule has 3 aliphatic rings. The molecule has 3 aromatic carbocycles. The number of carbonyl (C=O) groups excluding carboxylic acids is 2. The zero-order valence-corrected chi connectivity index (χ0v) is 43.8. The van der Waals surface area contributed by atoms with E-state index in [1.165, 1.54) is 21.7 Å². The van der Waals surface area contributed by atoms with Crippen LogP contribution in [0, 0.1) is 24.7 Å². The number of carbonyl (C=O) groups is 2. The SMILES string of the molecule is CNCc1cccc(Cl)c1-c1csc([C@@H](C)Nc2nc(C)nc3cc(OC)c(C4CCC(C(=O)N5CCC(CCOCC6CCN(C(=O)c7ccc(Cl)c(-n8ccc(=O)[nH]c8=O)c7)CC6)CC5)CC4)cc23)c1. The first-order chi connectivity index (χ1) is 34.9. The number of ether oxygens (including phenoxy) is 2. The molecule has 14 nitrogen and oxygen atoms in total. The van der Waals surface area contributed by atoms with E-state index >= 15 is 0 Å². The van der Waals surface area contributed by atoms with Gasteiger partial charge >= 0.3 is 5.69 Å². The van der Waals surface area contributed by atoms with Crippen molar-refractivity contribution in [2.75, 3.05) is 58.9 Å². The van der Waals surface area contributed by atoms with E-state index in [0.717, 1.165) is 127 Å². The van der Waals surface area contributed by atoms with Gasteiger partial charge in [0.05, 0.1) is 29.4 Å². The number of methoxy groups -OCH3 is 1. The summed E-state index contributed by atoms with van der Waals surface area (Å²) in [6.45, 7) is 8.99. The molecule has 380 valence electrons. The largest absolute Gasteiger partial charge is 0.496 e. The number of benzene rings is 3. The third-order valence-corrected chi connectivity index (χ3v) is 16.7. The highest BCUT2D eigenvalue weighted by Gasteiger charge is 2.34. The predicted octanol–water partition coefficient (Wildman–Crippen LogP) is 10.2. The van der Waals surface area contributed by atoms with Crippen LogP contribution in [0.1, 0.15) is 109 Å². The summed E-state index contributed by atoms with van der Waals surface area (Å²) in [5.41, 5.74) is 4.94. The van der Waals surface area contributed by atoms with Crippen LogP contribution < -0.4 is 26.6 Å². The smallest absolute Gasteiger partial charge is 0.332 e. The lowest BCUT2D eigenvalue weighted by molar-refractivity contribution is -0.138. The van der Waals surface area contributed by atoms with Crippen molar-refractivity contribution < 1.29 is 19.1 Å². The van der Waals surface area contributed by atoms with Crippen molar-refractivity contribution in [3.8, 4) is 22.6 Å². The fourth-order valence-electron chi connectivity index (χ4n) is 10.9. The molecule has 2 aliphatic heterocycles. The fourth-order valence-corrected chi connectivity index (χ4v) is 12.3. The Morgan fingerprint density at radius 1 is 0.889 bits per heavy atom. The van der Waals surface area contributed by atoms with Crippen LogP contribution in [-0.2, 0) is 16.1 Å². The van der Waals surface area contributed by atoms with Crippen LogP contribution in [0.2, 0.25) is 10.0 Å². The molecule has 72 heavy (non-hydrogen) atoms. The number of aromatic amines is 1. The lowest BCUT2D eigenvalue weighted by atomic mass is 9.77. The molecular formula is C55H64Cl2N8O6S. The van der Waals surface area contributed by atoms with Gasteiger partial charge in [-0.1, -0.05) is 35.3 Å². The van der Waals surface area contributed by atoms with Gasteiger partial charge in [-0.2, -0.15) is 0 Å². The minimum absolute atomic E-state index is 0.0177. The molecule has 6 aromatic rings. The predicted molar refractivity (Wildman–Crippen MR) is 286 cm³/mol. The topological polar surface area (TPSA) is 164 Å². The summed E-state index contributed by atoms with van der Waals surface area (Å²) < 4.78 is 13.4. The Balaban J connectivity index is 0.722. The Morgan fingerprint density at radius 3 is 2.38 bits per heavy atom. The van der Waals surface area contributed by atoms with Crippen molar-refractivity contribution >= 4 is 63.1 Å². The van der Waals surface area contributed by atoms with Gasteiger partial charge in [-0.15, -0.1) is 11.3 Å². The lowest BCUT2D eigenvalue weighted by Crippen LogP contribution is -2.42. The van der Waals surface area contributed by atoms with Gasteiger partial charge in [0.15, 0.2) is 0 Å². The van der Waals surface area contributed by atoms with Crippen LogP contribution in [0.5, 0.6) is 5.75 Å². The van der Waals surface area contributed by atoms with E-state index in [0.29, 0.717) is 66.1 Å². The molecule has 0 bridgehead atoms. The maximum Gasteiger partial charge on any atom is 0.332 e. The summed E-state index contributed by atoms with van der Waals surface area (Å²) in [6, 6.07) is 18.6. The molecule has 5 heterocycles. The van der Waals surface area contributed by atoms with Gasteiger partial charge in [0.1, 0.15) is 17.4 Å². The molecule has 3 fully saturated rings. The van der Waals surface area contributed by atoms with E-state index in [1.807, 2.05) is 37.1 Å². The summed E-state index contributed by atoms with van der Waals surface area (Å²) in [4.78, 5) is 68.4. The Hall–Kier alpha value is -5.58. The number of hydrogen-bond acceptors (Lipinski definition) is 11. The first-order valence-electron chi connectivity index (χ1n) is 25.3. The van der Waals surface area contributed by atoms with Gasteiger partial charge in [0.2, 0.25) is 5.91 Å². The average Bonchev–Trinajstić information content (AvgIpc) is 3.88. The van der Waals surface area contributed by atoms with E-state index < -0.39 is 11.2 Å². The number of H-pyrrole nitrogens is 1. The second kappa shape index (κ2) is 23.1. The van der Waals surface area contributed by atoms with Gasteiger partial charge in [-0.3, -0.25) is 23.9 Å². The van der Waals surface area contributed by atoms with Crippen LogP contribution in [-0.4, -0.2) is 94.7 Å². The van der Waals surface area contributed by atoms with Gasteiger partial charge in [0.25, 0.3) is 11.5 Å². The second-order valence-corrected chi connectivity index (χ2v) is 21.5. The minimum Gasteiger partial charge on any atom is -0.496 e. The first-order valence-corrected chi connectivity index (χ1v) is 26.9. The summed E-state index contributed by atoms with van der Waals surface area (Å²) >= 11 is 14.8. The average molecular weight is 1040 g/mol. The van der Waals surface area contributed by atoms with Crippen LogP contribution in [0.4, 0.5) is 5.82 Å². The molecule has 3 aromatic heterocycles. The van der Waals surface area contributed by atoms with Gasteiger partial charge in [-0.05, 0) is 155 Å². The standard InChI is InChI=1S/C55H64Cl2N8O6S/c1-33(49-27-41(32-72-49)51-40(30-58-3)6-5-7-45(51)57)59-52-43-28-42(48(70-4)29-46(43)60-34(2)61-52)37-8-10-38(11-9-37)53(67)63-20-14-35(15-21-63)19-25-71-31-36-16-22-64(23-17-36)54(68)39-12-13-44(56)47(26-39)65-24-18-50(66)62-55(65)69/h5-7,12-13,18,24,26-29,32-33,35-38,58H,8-11,14-17,19-23,25,30-31H2,1-4H3,(H,59,60,61)(H,62,66,69)/t33-,37?,38?/m1/s1. The number of anilines is 1. The maximum absolute atomic E-state index is 13.9. The van der Waals surface area contributed by atoms with Crippen LogP contribution in [0.15, 0.2) is 81.8 Å². The van der Waals surface area contributed by atoms with E-state index in [4.69, 9.17) is 42.6 Å². The molecule has 1 atom stereocenters. The number of thiophene rings is 1. The van der Waals surface area contributed by atoms with Crippen molar-refractivity contribution in [2.24, 2.45) is 17.8 Å². The first kappa shape index (κ1) is 51.3.